The van der Waals surface area contributed by atoms with Crippen molar-refractivity contribution in [3.8, 4) is 0 Å². The number of carbonyl (C=O) groups excluding carboxylic acids is 2. The van der Waals surface area contributed by atoms with Crippen LogP contribution in [-0.2, 0) is 26.1 Å². The van der Waals surface area contributed by atoms with Gasteiger partial charge in [0.15, 0.2) is 0 Å². The molecule has 0 aliphatic carbocycles. The Kier molecular flexibility index (Phi) is 8.97. The van der Waals surface area contributed by atoms with E-state index in [0.717, 1.165) is 16.1 Å². The van der Waals surface area contributed by atoms with Gasteiger partial charge in [-0.1, -0.05) is 42.5 Å². The van der Waals surface area contributed by atoms with Crippen LogP contribution in [0.4, 0.5) is 5.69 Å². The topological polar surface area (TPSA) is 105 Å². The van der Waals surface area contributed by atoms with Gasteiger partial charge in [0.2, 0.25) is 15.9 Å². The van der Waals surface area contributed by atoms with Gasteiger partial charge in [-0.2, -0.15) is 4.31 Å². The van der Waals surface area contributed by atoms with Crippen molar-refractivity contribution in [3.05, 3.63) is 65.7 Å². The molecule has 162 valence electrons. The Morgan fingerprint density at radius 3 is 2.37 bits per heavy atom. The molecule has 9 heteroatoms. The lowest BCUT2D eigenvalue weighted by Crippen LogP contribution is -2.37. The van der Waals surface area contributed by atoms with E-state index in [1.807, 2.05) is 6.07 Å². The molecule has 0 saturated carbocycles. The summed E-state index contributed by atoms with van der Waals surface area (Å²) in [4.78, 5) is 25.0. The first-order chi connectivity index (χ1) is 14.3. The number of nitrogens with one attached hydrogen (secondary N) is 2. The summed E-state index contributed by atoms with van der Waals surface area (Å²) in [5.74, 6) is -0.859. The Morgan fingerprint density at radius 1 is 1.03 bits per heavy atom. The maximum Gasteiger partial charge on any atom is 0.253 e. The van der Waals surface area contributed by atoms with E-state index in [2.05, 4.69) is 10.6 Å². The number of sulfonamides is 1. The van der Waals surface area contributed by atoms with E-state index >= 15 is 0 Å². The molecule has 0 aliphatic rings. The Labute approximate surface area is 177 Å². The number of anilines is 1. The van der Waals surface area contributed by atoms with E-state index in [4.69, 9.17) is 4.74 Å². The predicted octanol–water partition coefficient (Wildman–Crippen LogP) is 1.85. The molecule has 2 N–H and O–H groups in total. The van der Waals surface area contributed by atoms with Gasteiger partial charge in [0.1, 0.15) is 0 Å². The van der Waals surface area contributed by atoms with Crippen molar-refractivity contribution in [2.45, 2.75) is 13.0 Å². The highest BCUT2D eigenvalue weighted by molar-refractivity contribution is 7.88. The molecule has 0 radical (unpaired) electrons. The molecule has 0 fully saturated rings. The van der Waals surface area contributed by atoms with Crippen molar-refractivity contribution in [1.29, 1.82) is 0 Å². The smallest absolute Gasteiger partial charge is 0.253 e. The molecule has 0 aliphatic heterocycles. The number of nitrogens with zero attached hydrogens (tertiary/aromatic N) is 1. The number of rotatable bonds is 11. The van der Waals surface area contributed by atoms with Gasteiger partial charge in [-0.3, -0.25) is 9.59 Å². The van der Waals surface area contributed by atoms with Crippen molar-refractivity contribution in [2.24, 2.45) is 0 Å². The van der Waals surface area contributed by atoms with Crippen LogP contribution < -0.4 is 10.6 Å². The lowest BCUT2D eigenvalue weighted by Gasteiger charge is -2.20. The van der Waals surface area contributed by atoms with Crippen molar-refractivity contribution in [3.63, 3.8) is 0 Å². The zero-order valence-corrected chi connectivity index (χ0v) is 17.9. The van der Waals surface area contributed by atoms with Crippen LogP contribution >= 0.6 is 0 Å². The molecule has 0 atom stereocenters. The monoisotopic (exact) mass is 433 g/mol. The van der Waals surface area contributed by atoms with Crippen LogP contribution in [0, 0.1) is 0 Å². The number of methoxy groups -OCH3 is 1. The average molecular weight is 434 g/mol. The second-order valence-corrected chi connectivity index (χ2v) is 8.70. The summed E-state index contributed by atoms with van der Waals surface area (Å²) in [5.41, 5.74) is 1.39. The van der Waals surface area contributed by atoms with Crippen LogP contribution in [0.1, 0.15) is 22.3 Å². The van der Waals surface area contributed by atoms with Crippen LogP contribution in [0.5, 0.6) is 0 Å². The molecule has 0 unspecified atom stereocenters. The zero-order valence-electron chi connectivity index (χ0n) is 17.1. The van der Waals surface area contributed by atoms with Gasteiger partial charge in [-0.15, -0.1) is 0 Å². The molecule has 0 heterocycles. The number of para-hydroxylation sites is 1. The number of ether oxygens (including phenoxy) is 1. The Hall–Kier alpha value is -2.75. The summed E-state index contributed by atoms with van der Waals surface area (Å²) in [7, 11) is -2.03. The predicted molar refractivity (Wildman–Crippen MR) is 116 cm³/mol. The van der Waals surface area contributed by atoms with Gasteiger partial charge in [-0.25, -0.2) is 8.42 Å². The third-order valence-corrected chi connectivity index (χ3v) is 5.44. The molecular formula is C21H27N3O5S. The van der Waals surface area contributed by atoms with Crippen LogP contribution in [0.3, 0.4) is 0 Å². The standard InChI is InChI=1S/C21H27N3O5S/c1-29-14-8-13-22-21(26)18-11-6-7-12-19(18)23-20(25)16-24(30(2,27)28)15-17-9-4-3-5-10-17/h3-7,9-12H,8,13-16H2,1-2H3,(H,22,26)(H,23,25). The number of hydrogen-bond donors (Lipinski definition) is 2. The first kappa shape index (κ1) is 23.5. The molecule has 0 spiro atoms. The highest BCUT2D eigenvalue weighted by Gasteiger charge is 2.21. The van der Waals surface area contributed by atoms with E-state index in [0.29, 0.717) is 30.8 Å². The first-order valence-corrected chi connectivity index (χ1v) is 11.3. The lowest BCUT2D eigenvalue weighted by atomic mass is 10.1. The SMILES string of the molecule is COCCCNC(=O)c1ccccc1NC(=O)CN(Cc1ccccc1)S(C)(=O)=O. The van der Waals surface area contributed by atoms with E-state index in [1.54, 1.807) is 55.6 Å². The minimum absolute atomic E-state index is 0.0781. The summed E-state index contributed by atoms with van der Waals surface area (Å²) in [6.45, 7) is 0.682. The number of amides is 2. The van der Waals surface area contributed by atoms with Gasteiger partial charge in [-0.05, 0) is 24.1 Å². The highest BCUT2D eigenvalue weighted by Crippen LogP contribution is 2.16. The van der Waals surface area contributed by atoms with Crippen LogP contribution in [-0.4, -0.2) is 57.6 Å². The van der Waals surface area contributed by atoms with Crippen molar-refractivity contribution >= 4 is 27.5 Å². The fourth-order valence-corrected chi connectivity index (χ4v) is 3.47. The molecule has 2 aromatic rings. The molecule has 2 amide bonds. The quantitative estimate of drug-likeness (QED) is 0.526. The maximum atomic E-state index is 12.6. The number of benzene rings is 2. The summed E-state index contributed by atoms with van der Waals surface area (Å²) in [5, 5.41) is 5.42. The van der Waals surface area contributed by atoms with Gasteiger partial charge in [0.25, 0.3) is 5.91 Å². The minimum Gasteiger partial charge on any atom is -0.385 e. The van der Waals surface area contributed by atoms with E-state index in [1.165, 1.54) is 0 Å². The third kappa shape index (κ3) is 7.58. The van der Waals surface area contributed by atoms with E-state index in [-0.39, 0.29) is 19.0 Å². The molecule has 30 heavy (non-hydrogen) atoms. The number of hydrogen-bond acceptors (Lipinski definition) is 5. The van der Waals surface area contributed by atoms with Gasteiger partial charge in [0, 0.05) is 26.8 Å². The molecule has 8 nitrogen and oxygen atoms in total. The fraction of sp³-hybridized carbons (Fsp3) is 0.333. The Balaban J connectivity index is 2.06. The molecule has 0 aromatic heterocycles. The molecule has 0 saturated heterocycles. The van der Waals surface area contributed by atoms with E-state index < -0.39 is 15.9 Å². The Morgan fingerprint density at radius 2 is 1.70 bits per heavy atom. The fourth-order valence-electron chi connectivity index (χ4n) is 2.73. The highest BCUT2D eigenvalue weighted by atomic mass is 32.2. The van der Waals surface area contributed by atoms with Crippen molar-refractivity contribution in [1.82, 2.24) is 9.62 Å². The van der Waals surface area contributed by atoms with E-state index in [9.17, 15) is 18.0 Å². The summed E-state index contributed by atoms with van der Waals surface area (Å²) < 4.78 is 30.3. The molecule has 2 rings (SSSR count). The average Bonchev–Trinajstić information content (AvgIpc) is 2.71. The van der Waals surface area contributed by atoms with Crippen LogP contribution in [0.15, 0.2) is 54.6 Å². The molecule has 0 bridgehead atoms. The van der Waals surface area contributed by atoms with Gasteiger partial charge >= 0.3 is 0 Å². The molecular weight excluding hydrogens is 406 g/mol. The summed E-state index contributed by atoms with van der Waals surface area (Å²) in [6.07, 6.45) is 1.73. The van der Waals surface area contributed by atoms with Crippen molar-refractivity contribution in [2.75, 3.05) is 38.4 Å². The van der Waals surface area contributed by atoms with Gasteiger partial charge < -0.3 is 15.4 Å². The first-order valence-electron chi connectivity index (χ1n) is 9.46. The normalized spacial score (nSPS) is 11.3. The second kappa shape index (κ2) is 11.4. The summed E-state index contributed by atoms with van der Waals surface area (Å²) >= 11 is 0. The third-order valence-electron chi connectivity index (χ3n) is 4.25. The summed E-state index contributed by atoms with van der Waals surface area (Å²) in [6, 6.07) is 15.6. The zero-order chi connectivity index (χ0) is 22.0. The minimum atomic E-state index is -3.61. The largest absolute Gasteiger partial charge is 0.385 e. The number of carbonyl (C=O) groups is 2. The maximum absolute atomic E-state index is 12.6. The Bertz CT molecular complexity index is 948. The molecule has 2 aromatic carbocycles. The lowest BCUT2D eigenvalue weighted by molar-refractivity contribution is -0.116. The second-order valence-electron chi connectivity index (χ2n) is 6.71. The van der Waals surface area contributed by atoms with Crippen LogP contribution in [0.25, 0.3) is 0 Å². The van der Waals surface area contributed by atoms with Gasteiger partial charge in [0.05, 0.1) is 24.1 Å². The van der Waals surface area contributed by atoms with Crippen LogP contribution in [0.2, 0.25) is 0 Å². The van der Waals surface area contributed by atoms with Crippen molar-refractivity contribution < 1.29 is 22.7 Å².